The van der Waals surface area contributed by atoms with Crippen LogP contribution in [0.3, 0.4) is 0 Å². The van der Waals surface area contributed by atoms with Gasteiger partial charge in [0.2, 0.25) is 0 Å². The van der Waals surface area contributed by atoms with Crippen LogP contribution in [-0.2, 0) is 6.42 Å². The van der Waals surface area contributed by atoms with Crippen LogP contribution in [0, 0.1) is 6.92 Å². The minimum Gasteiger partial charge on any atom is -0.455 e. The molecule has 29 heavy (non-hydrogen) atoms. The molecule has 2 N–H and O–H groups in total. The number of nitrogens with zero attached hydrogens (tertiary/aromatic N) is 2. The van der Waals surface area contributed by atoms with Gasteiger partial charge in [0.05, 0.1) is 11.3 Å². The summed E-state index contributed by atoms with van der Waals surface area (Å²) in [4.78, 5) is 29.0. The van der Waals surface area contributed by atoms with E-state index >= 15 is 0 Å². The molecule has 0 aliphatic heterocycles. The second-order valence-corrected chi connectivity index (χ2v) is 7.76. The first-order valence-electron chi connectivity index (χ1n) is 10.3. The first-order valence-corrected chi connectivity index (χ1v) is 10.3. The molecule has 0 bridgehead atoms. The summed E-state index contributed by atoms with van der Waals surface area (Å²) in [6, 6.07) is 3.62. The van der Waals surface area contributed by atoms with Gasteiger partial charge >= 0.3 is 0 Å². The monoisotopic (exact) mass is 394 g/mol. The Bertz CT molecular complexity index is 927. The van der Waals surface area contributed by atoms with Gasteiger partial charge in [0.15, 0.2) is 5.76 Å². The summed E-state index contributed by atoms with van der Waals surface area (Å²) >= 11 is 0. The molecular weight excluding hydrogens is 368 g/mol. The summed E-state index contributed by atoms with van der Waals surface area (Å²) in [7, 11) is 0. The molecule has 1 saturated carbocycles. The molecule has 2 aliphatic carbocycles. The van der Waals surface area contributed by atoms with Crippen molar-refractivity contribution in [3.05, 3.63) is 52.7 Å². The van der Waals surface area contributed by atoms with Gasteiger partial charge in [-0.2, -0.15) is 5.10 Å². The molecule has 4 rings (SSSR count). The molecule has 0 radical (unpaired) electrons. The van der Waals surface area contributed by atoms with E-state index in [4.69, 9.17) is 4.42 Å². The molecule has 2 heterocycles. The lowest BCUT2D eigenvalue weighted by molar-refractivity contribution is 0.0896. The minimum absolute atomic E-state index is 0.150. The van der Waals surface area contributed by atoms with E-state index in [-0.39, 0.29) is 17.9 Å². The van der Waals surface area contributed by atoms with Gasteiger partial charge in [0, 0.05) is 36.0 Å². The van der Waals surface area contributed by atoms with Crippen LogP contribution in [0.1, 0.15) is 82.7 Å². The zero-order chi connectivity index (χ0) is 20.2. The normalized spacial score (nSPS) is 18.3. The Hall–Kier alpha value is -2.96. The predicted molar refractivity (Wildman–Crippen MR) is 109 cm³/mol. The summed E-state index contributed by atoms with van der Waals surface area (Å²) in [6.45, 7) is 1.89. The van der Waals surface area contributed by atoms with Crippen molar-refractivity contribution in [2.24, 2.45) is 5.10 Å². The van der Waals surface area contributed by atoms with Crippen molar-refractivity contribution in [2.45, 2.75) is 64.3 Å². The number of aryl methyl sites for hydroxylation is 1. The smallest absolute Gasteiger partial charge is 0.287 e. The molecule has 2 aromatic heterocycles. The van der Waals surface area contributed by atoms with Gasteiger partial charge in [-0.3, -0.25) is 14.6 Å². The van der Waals surface area contributed by atoms with E-state index in [0.29, 0.717) is 11.3 Å². The molecule has 0 atom stereocenters. The maximum absolute atomic E-state index is 12.8. The van der Waals surface area contributed by atoms with Crippen LogP contribution in [0.5, 0.6) is 0 Å². The third-order valence-corrected chi connectivity index (χ3v) is 5.69. The molecule has 0 saturated heterocycles. The lowest BCUT2D eigenvalue weighted by atomic mass is 9.93. The summed E-state index contributed by atoms with van der Waals surface area (Å²) < 4.78 is 5.95. The Morgan fingerprint density at radius 2 is 1.97 bits per heavy atom. The zero-order valence-corrected chi connectivity index (χ0v) is 16.7. The van der Waals surface area contributed by atoms with Crippen LogP contribution >= 0.6 is 0 Å². The van der Waals surface area contributed by atoms with Crippen molar-refractivity contribution in [1.82, 2.24) is 15.7 Å². The number of carbonyl (C=O) groups is 2. The number of amides is 2. The third-order valence-electron chi connectivity index (χ3n) is 5.69. The van der Waals surface area contributed by atoms with Crippen molar-refractivity contribution < 1.29 is 14.0 Å². The molecule has 0 spiro atoms. The molecule has 0 aromatic carbocycles. The van der Waals surface area contributed by atoms with Gasteiger partial charge in [0.1, 0.15) is 5.76 Å². The fourth-order valence-corrected chi connectivity index (χ4v) is 4.17. The van der Waals surface area contributed by atoms with Gasteiger partial charge < -0.3 is 9.73 Å². The summed E-state index contributed by atoms with van der Waals surface area (Å²) in [5.74, 6) is 0.683. The summed E-state index contributed by atoms with van der Waals surface area (Å²) in [6.07, 6.45) is 11.1. The molecule has 2 amide bonds. The quantitative estimate of drug-likeness (QED) is 0.776. The maximum Gasteiger partial charge on any atom is 0.287 e. The second-order valence-electron chi connectivity index (χ2n) is 7.76. The standard InChI is InChI=1S/C22H26N4O3/c1-14-19-17(25-26-21(27)15-7-6-12-23-13-15)10-5-11-18(19)29-20(14)22(28)24-16-8-3-2-4-9-16/h6-7,12-13,16H,2-5,8-11H2,1H3,(H,24,28)(H,26,27)/b25-17+. The second kappa shape index (κ2) is 8.59. The van der Waals surface area contributed by atoms with Crippen molar-refractivity contribution in [1.29, 1.82) is 0 Å². The number of rotatable bonds is 4. The number of pyridine rings is 1. The Morgan fingerprint density at radius 3 is 2.72 bits per heavy atom. The first kappa shape index (κ1) is 19.4. The van der Waals surface area contributed by atoms with Crippen LogP contribution in [0.4, 0.5) is 0 Å². The van der Waals surface area contributed by atoms with E-state index < -0.39 is 0 Å². The summed E-state index contributed by atoms with van der Waals surface area (Å²) in [5, 5.41) is 7.47. The van der Waals surface area contributed by atoms with Gasteiger partial charge in [-0.25, -0.2) is 5.43 Å². The molecule has 2 aromatic rings. The Morgan fingerprint density at radius 1 is 1.14 bits per heavy atom. The molecule has 152 valence electrons. The highest BCUT2D eigenvalue weighted by Crippen LogP contribution is 2.30. The highest BCUT2D eigenvalue weighted by molar-refractivity contribution is 6.07. The fraction of sp³-hybridized carbons (Fsp3) is 0.455. The predicted octanol–water partition coefficient (Wildman–Crippen LogP) is 3.52. The van der Waals surface area contributed by atoms with Crippen LogP contribution < -0.4 is 10.7 Å². The van der Waals surface area contributed by atoms with Gasteiger partial charge in [-0.05, 0) is 44.7 Å². The van der Waals surface area contributed by atoms with Gasteiger partial charge in [0.25, 0.3) is 11.8 Å². The Labute approximate surface area is 170 Å². The number of aromatic nitrogens is 1. The van der Waals surface area contributed by atoms with E-state index in [2.05, 4.69) is 20.8 Å². The highest BCUT2D eigenvalue weighted by Gasteiger charge is 2.29. The lowest BCUT2D eigenvalue weighted by Crippen LogP contribution is -2.36. The van der Waals surface area contributed by atoms with E-state index in [0.717, 1.165) is 67.5 Å². The maximum atomic E-state index is 12.8. The average molecular weight is 394 g/mol. The van der Waals surface area contributed by atoms with Crippen molar-refractivity contribution in [3.63, 3.8) is 0 Å². The average Bonchev–Trinajstić information content (AvgIpc) is 3.10. The number of hydrogen-bond acceptors (Lipinski definition) is 5. The van der Waals surface area contributed by atoms with E-state index in [1.807, 2.05) is 6.92 Å². The molecule has 7 nitrogen and oxygen atoms in total. The van der Waals surface area contributed by atoms with Gasteiger partial charge in [-0.15, -0.1) is 0 Å². The molecule has 2 aliphatic rings. The van der Waals surface area contributed by atoms with Crippen molar-refractivity contribution in [3.8, 4) is 0 Å². The third kappa shape index (κ3) is 4.23. The number of hydrogen-bond donors (Lipinski definition) is 2. The van der Waals surface area contributed by atoms with E-state index in [1.54, 1.807) is 18.3 Å². The minimum atomic E-state index is -0.311. The van der Waals surface area contributed by atoms with Crippen molar-refractivity contribution in [2.75, 3.05) is 0 Å². The van der Waals surface area contributed by atoms with Crippen molar-refractivity contribution >= 4 is 17.5 Å². The van der Waals surface area contributed by atoms with E-state index in [1.165, 1.54) is 12.6 Å². The van der Waals surface area contributed by atoms with E-state index in [9.17, 15) is 9.59 Å². The number of nitrogens with one attached hydrogen (secondary N) is 2. The molecule has 7 heteroatoms. The van der Waals surface area contributed by atoms with Crippen LogP contribution in [0.15, 0.2) is 34.0 Å². The topological polar surface area (TPSA) is 96.6 Å². The zero-order valence-electron chi connectivity index (χ0n) is 16.7. The summed E-state index contributed by atoms with van der Waals surface area (Å²) in [5.41, 5.74) is 5.46. The number of hydrazone groups is 1. The molecular formula is C22H26N4O3. The SMILES string of the molecule is Cc1c(C(=O)NC2CCCCC2)oc2c1/C(=N/NC(=O)c1cccnc1)CCC2. The fourth-order valence-electron chi connectivity index (χ4n) is 4.17. The largest absolute Gasteiger partial charge is 0.455 e. The first-order chi connectivity index (χ1) is 14.1. The molecule has 1 fully saturated rings. The Kier molecular flexibility index (Phi) is 5.74. The van der Waals surface area contributed by atoms with Crippen LogP contribution in [0.2, 0.25) is 0 Å². The number of furan rings is 1. The van der Waals surface area contributed by atoms with Crippen LogP contribution in [-0.4, -0.2) is 28.6 Å². The highest BCUT2D eigenvalue weighted by atomic mass is 16.4. The number of fused-ring (bicyclic) bond motifs is 1. The number of carbonyl (C=O) groups excluding carboxylic acids is 2. The lowest BCUT2D eigenvalue weighted by Gasteiger charge is -2.22. The Balaban J connectivity index is 1.52. The van der Waals surface area contributed by atoms with Crippen LogP contribution in [0.25, 0.3) is 0 Å². The molecule has 0 unspecified atom stereocenters. The van der Waals surface area contributed by atoms with Gasteiger partial charge in [-0.1, -0.05) is 19.3 Å².